The summed E-state index contributed by atoms with van der Waals surface area (Å²) in [6.07, 6.45) is 3.22. The van der Waals surface area contributed by atoms with Gasteiger partial charge in [-0.2, -0.15) is 0 Å². The van der Waals surface area contributed by atoms with Gasteiger partial charge >= 0.3 is 0 Å². The summed E-state index contributed by atoms with van der Waals surface area (Å²) in [6, 6.07) is 5.80. The van der Waals surface area contributed by atoms with Crippen molar-refractivity contribution in [2.75, 3.05) is 19.7 Å². The number of hydrogen-bond donors (Lipinski definition) is 0. The Hall–Kier alpha value is -1.92. The van der Waals surface area contributed by atoms with Gasteiger partial charge in [-0.3, -0.25) is 9.78 Å². The van der Waals surface area contributed by atoms with Gasteiger partial charge in [-0.05, 0) is 31.4 Å². The molecule has 122 valence electrons. The molecule has 3 rings (SSSR count). The Morgan fingerprint density at radius 3 is 3.09 bits per heavy atom. The fourth-order valence-electron chi connectivity index (χ4n) is 2.54. The van der Waals surface area contributed by atoms with Gasteiger partial charge < -0.3 is 14.4 Å². The fourth-order valence-corrected chi connectivity index (χ4v) is 3.30. The largest absolute Gasteiger partial charge is 0.489 e. The third kappa shape index (κ3) is 3.89. The summed E-state index contributed by atoms with van der Waals surface area (Å²) < 4.78 is 11.4. The number of carbonyl (C=O) groups is 1. The van der Waals surface area contributed by atoms with Crippen molar-refractivity contribution in [1.82, 2.24) is 9.88 Å². The van der Waals surface area contributed by atoms with Gasteiger partial charge in [0.05, 0.1) is 31.0 Å². The molecule has 1 aliphatic rings. The van der Waals surface area contributed by atoms with Crippen molar-refractivity contribution < 1.29 is 14.3 Å². The summed E-state index contributed by atoms with van der Waals surface area (Å²) >= 11 is 1.65. The van der Waals surface area contributed by atoms with Crippen LogP contribution < -0.4 is 4.74 Å². The minimum absolute atomic E-state index is 0.0310. The molecule has 0 bridgehead atoms. The number of amides is 1. The molecule has 0 radical (unpaired) electrons. The molecule has 1 aliphatic heterocycles. The number of thiophene rings is 1. The standard InChI is InChI=1S/C17H20N2O3S/c1-12(2)22-14-8-13(9-18-10-14)17(20)19-5-6-21-15(11-19)16-4-3-7-23-16/h3-4,7-10,12,15H,5-6,11H2,1-2H3. The topological polar surface area (TPSA) is 51.7 Å². The first-order valence-corrected chi connectivity index (χ1v) is 8.57. The predicted octanol–water partition coefficient (Wildman–Crippen LogP) is 3.14. The molecule has 2 aromatic rings. The maximum atomic E-state index is 12.7. The van der Waals surface area contributed by atoms with Crippen molar-refractivity contribution in [2.45, 2.75) is 26.1 Å². The van der Waals surface area contributed by atoms with Crippen molar-refractivity contribution >= 4 is 17.2 Å². The minimum atomic E-state index is -0.0456. The second-order valence-electron chi connectivity index (χ2n) is 5.70. The summed E-state index contributed by atoms with van der Waals surface area (Å²) in [5.41, 5.74) is 0.551. The molecule has 5 nitrogen and oxygen atoms in total. The number of carbonyl (C=O) groups excluding carboxylic acids is 1. The van der Waals surface area contributed by atoms with Crippen molar-refractivity contribution in [3.63, 3.8) is 0 Å². The first kappa shape index (κ1) is 16.0. The number of morpholine rings is 1. The lowest BCUT2D eigenvalue weighted by Gasteiger charge is -2.32. The molecular weight excluding hydrogens is 312 g/mol. The first-order valence-electron chi connectivity index (χ1n) is 7.69. The highest BCUT2D eigenvalue weighted by atomic mass is 32.1. The van der Waals surface area contributed by atoms with E-state index in [-0.39, 0.29) is 18.1 Å². The van der Waals surface area contributed by atoms with Crippen LogP contribution in [-0.2, 0) is 4.74 Å². The van der Waals surface area contributed by atoms with Crippen LogP contribution in [0.4, 0.5) is 0 Å². The van der Waals surface area contributed by atoms with E-state index in [0.717, 1.165) is 4.88 Å². The van der Waals surface area contributed by atoms with E-state index in [4.69, 9.17) is 9.47 Å². The Kier molecular flexibility index (Phi) is 4.93. The van der Waals surface area contributed by atoms with E-state index in [1.54, 1.807) is 29.8 Å². The van der Waals surface area contributed by atoms with E-state index in [1.165, 1.54) is 0 Å². The lowest BCUT2D eigenvalue weighted by Crippen LogP contribution is -2.42. The van der Waals surface area contributed by atoms with Gasteiger partial charge in [0.1, 0.15) is 11.9 Å². The molecule has 1 saturated heterocycles. The smallest absolute Gasteiger partial charge is 0.255 e. The number of rotatable bonds is 4. The molecule has 0 aliphatic carbocycles. The Morgan fingerprint density at radius 1 is 1.48 bits per heavy atom. The van der Waals surface area contributed by atoms with E-state index in [1.807, 2.05) is 36.3 Å². The normalized spacial score (nSPS) is 18.2. The van der Waals surface area contributed by atoms with E-state index >= 15 is 0 Å². The van der Waals surface area contributed by atoms with Crippen LogP contribution >= 0.6 is 11.3 Å². The van der Waals surface area contributed by atoms with Crippen LogP contribution in [0.3, 0.4) is 0 Å². The Morgan fingerprint density at radius 2 is 2.35 bits per heavy atom. The van der Waals surface area contributed by atoms with Crippen molar-refractivity contribution in [3.8, 4) is 5.75 Å². The highest BCUT2D eigenvalue weighted by molar-refractivity contribution is 7.10. The summed E-state index contributed by atoms with van der Waals surface area (Å²) in [5.74, 6) is 0.588. The van der Waals surface area contributed by atoms with Gasteiger partial charge in [-0.1, -0.05) is 6.07 Å². The number of pyridine rings is 1. The molecule has 1 amide bonds. The quantitative estimate of drug-likeness (QED) is 0.863. The Balaban J connectivity index is 1.72. The second kappa shape index (κ2) is 7.10. The Bertz CT molecular complexity index is 658. The van der Waals surface area contributed by atoms with Gasteiger partial charge in [0.15, 0.2) is 0 Å². The van der Waals surface area contributed by atoms with Crippen LogP contribution in [0.15, 0.2) is 36.0 Å². The monoisotopic (exact) mass is 332 g/mol. The van der Waals surface area contributed by atoms with E-state index < -0.39 is 0 Å². The van der Waals surface area contributed by atoms with E-state index in [0.29, 0.717) is 31.0 Å². The minimum Gasteiger partial charge on any atom is -0.489 e. The van der Waals surface area contributed by atoms with Crippen molar-refractivity contribution in [2.24, 2.45) is 0 Å². The van der Waals surface area contributed by atoms with Crippen LogP contribution in [0.5, 0.6) is 5.75 Å². The molecule has 1 atom stereocenters. The average molecular weight is 332 g/mol. The molecule has 1 unspecified atom stereocenters. The average Bonchev–Trinajstić information content (AvgIpc) is 3.08. The van der Waals surface area contributed by atoms with E-state index in [2.05, 4.69) is 4.98 Å². The van der Waals surface area contributed by atoms with E-state index in [9.17, 15) is 4.79 Å². The molecule has 0 saturated carbocycles. The van der Waals surface area contributed by atoms with Crippen molar-refractivity contribution in [3.05, 3.63) is 46.4 Å². The third-order valence-corrected chi connectivity index (χ3v) is 4.51. The summed E-state index contributed by atoms with van der Waals surface area (Å²) in [4.78, 5) is 19.8. The van der Waals surface area contributed by atoms with Gasteiger partial charge in [-0.25, -0.2) is 0 Å². The maximum Gasteiger partial charge on any atom is 0.255 e. The zero-order chi connectivity index (χ0) is 16.2. The summed E-state index contributed by atoms with van der Waals surface area (Å²) in [6.45, 7) is 5.60. The fraction of sp³-hybridized carbons (Fsp3) is 0.412. The van der Waals surface area contributed by atoms with Gasteiger partial charge in [0, 0.05) is 17.6 Å². The summed E-state index contributed by atoms with van der Waals surface area (Å²) in [5, 5.41) is 2.02. The molecule has 2 aromatic heterocycles. The zero-order valence-electron chi connectivity index (χ0n) is 13.3. The van der Waals surface area contributed by atoms with Crippen LogP contribution in [0, 0.1) is 0 Å². The number of nitrogens with zero attached hydrogens (tertiary/aromatic N) is 2. The highest BCUT2D eigenvalue weighted by Gasteiger charge is 2.27. The number of ether oxygens (including phenoxy) is 2. The van der Waals surface area contributed by atoms with Crippen LogP contribution in [-0.4, -0.2) is 41.6 Å². The molecular formula is C17H20N2O3S. The molecule has 3 heterocycles. The molecule has 6 heteroatoms. The van der Waals surface area contributed by atoms with Gasteiger partial charge in [0.25, 0.3) is 5.91 Å². The van der Waals surface area contributed by atoms with Crippen LogP contribution in [0.1, 0.15) is 35.2 Å². The third-order valence-electron chi connectivity index (χ3n) is 3.55. The lowest BCUT2D eigenvalue weighted by molar-refractivity contribution is -0.0212. The molecule has 0 N–H and O–H groups in total. The zero-order valence-corrected chi connectivity index (χ0v) is 14.1. The SMILES string of the molecule is CC(C)Oc1cncc(C(=O)N2CCOC(c3cccs3)C2)c1. The number of aromatic nitrogens is 1. The maximum absolute atomic E-state index is 12.7. The molecule has 0 aromatic carbocycles. The van der Waals surface area contributed by atoms with Gasteiger partial charge in [0.2, 0.25) is 0 Å². The highest BCUT2D eigenvalue weighted by Crippen LogP contribution is 2.27. The van der Waals surface area contributed by atoms with Crippen molar-refractivity contribution in [1.29, 1.82) is 0 Å². The van der Waals surface area contributed by atoms with Crippen LogP contribution in [0.2, 0.25) is 0 Å². The van der Waals surface area contributed by atoms with Crippen LogP contribution in [0.25, 0.3) is 0 Å². The molecule has 1 fully saturated rings. The molecule has 0 spiro atoms. The molecule has 23 heavy (non-hydrogen) atoms. The lowest BCUT2D eigenvalue weighted by atomic mass is 10.2. The Labute approximate surface area is 139 Å². The second-order valence-corrected chi connectivity index (χ2v) is 6.68. The summed E-state index contributed by atoms with van der Waals surface area (Å²) in [7, 11) is 0. The first-order chi connectivity index (χ1) is 11.1. The van der Waals surface area contributed by atoms with Gasteiger partial charge in [-0.15, -0.1) is 11.3 Å². The predicted molar refractivity (Wildman–Crippen MR) is 88.9 cm³/mol. The number of hydrogen-bond acceptors (Lipinski definition) is 5.